The molecule has 0 radical (unpaired) electrons. The van der Waals surface area contributed by atoms with Crippen LogP contribution in [0.3, 0.4) is 0 Å². The van der Waals surface area contributed by atoms with Crippen molar-refractivity contribution >= 4 is 39.8 Å². The maximum absolute atomic E-state index is 11.2. The number of thioether (sulfide) groups is 1. The fraction of sp³-hybridized carbons (Fsp3) is 0.312. The molecule has 1 aliphatic heterocycles. The Morgan fingerprint density at radius 3 is 2.83 bits per heavy atom. The lowest BCUT2D eigenvalue weighted by Gasteiger charge is -2.29. The molecule has 0 saturated carbocycles. The van der Waals surface area contributed by atoms with Crippen LogP contribution in [0.15, 0.2) is 40.1 Å². The van der Waals surface area contributed by atoms with Crippen molar-refractivity contribution in [3.63, 3.8) is 0 Å². The van der Waals surface area contributed by atoms with Gasteiger partial charge in [-0.15, -0.1) is 0 Å². The number of piperazine rings is 1. The lowest BCUT2D eigenvalue weighted by Crippen LogP contribution is -2.44. The van der Waals surface area contributed by atoms with Crippen LogP contribution in [0.25, 0.3) is 0 Å². The summed E-state index contributed by atoms with van der Waals surface area (Å²) in [4.78, 5) is 22.4. The third-order valence-corrected chi connectivity index (χ3v) is 5.17. The molecular weight excluding hydrogens is 376 g/mol. The van der Waals surface area contributed by atoms with Gasteiger partial charge in [0.05, 0.1) is 0 Å². The highest BCUT2D eigenvalue weighted by Gasteiger charge is 2.17. The number of hydrogen-bond acceptors (Lipinski definition) is 6. The number of benzene rings is 1. The molecule has 1 saturated heterocycles. The van der Waals surface area contributed by atoms with E-state index in [-0.39, 0.29) is 0 Å². The van der Waals surface area contributed by atoms with E-state index in [0.29, 0.717) is 11.3 Å². The molecule has 7 heteroatoms. The van der Waals surface area contributed by atoms with Crippen LogP contribution in [0.4, 0.5) is 5.82 Å². The van der Waals surface area contributed by atoms with Crippen molar-refractivity contribution in [2.75, 3.05) is 31.1 Å². The zero-order chi connectivity index (χ0) is 16.1. The number of carbonyl (C=O) groups is 1. The third kappa shape index (κ3) is 4.10. The quantitative estimate of drug-likeness (QED) is 0.623. The Balaban J connectivity index is 1.78. The van der Waals surface area contributed by atoms with E-state index >= 15 is 0 Å². The molecule has 2 heterocycles. The van der Waals surface area contributed by atoms with E-state index in [1.54, 1.807) is 24.2 Å². The van der Waals surface area contributed by atoms with E-state index in [1.807, 2.05) is 18.2 Å². The van der Waals surface area contributed by atoms with Gasteiger partial charge in [0.25, 0.3) is 0 Å². The first-order chi connectivity index (χ1) is 11.3. The molecule has 0 bridgehead atoms. The van der Waals surface area contributed by atoms with Gasteiger partial charge in [0.2, 0.25) is 0 Å². The maximum Gasteiger partial charge on any atom is 0.161 e. The highest BCUT2D eigenvalue weighted by atomic mass is 79.9. The van der Waals surface area contributed by atoms with Gasteiger partial charge in [0.15, 0.2) is 5.82 Å². The van der Waals surface area contributed by atoms with Gasteiger partial charge in [0, 0.05) is 54.4 Å². The van der Waals surface area contributed by atoms with Crippen LogP contribution in [0.5, 0.6) is 0 Å². The molecule has 0 atom stereocenters. The van der Waals surface area contributed by atoms with Crippen LogP contribution in [-0.4, -0.2) is 42.4 Å². The Labute approximate surface area is 148 Å². The molecule has 2 aromatic rings. The normalized spacial score (nSPS) is 14.7. The molecule has 1 aromatic carbocycles. The van der Waals surface area contributed by atoms with Gasteiger partial charge >= 0.3 is 0 Å². The van der Waals surface area contributed by atoms with E-state index in [1.165, 1.54) is 0 Å². The Hall–Kier alpha value is -1.44. The molecular formula is C16H17BrN4OS. The molecule has 0 aliphatic carbocycles. The number of nitrogens with zero attached hydrogens (tertiary/aromatic N) is 3. The molecule has 1 aromatic heterocycles. The van der Waals surface area contributed by atoms with Crippen LogP contribution in [0.1, 0.15) is 15.9 Å². The topological polar surface area (TPSA) is 58.1 Å². The summed E-state index contributed by atoms with van der Waals surface area (Å²) in [5.41, 5.74) is 1.71. The number of nitrogens with one attached hydrogen (secondary N) is 1. The van der Waals surface area contributed by atoms with E-state index in [4.69, 9.17) is 0 Å². The second-order valence-electron chi connectivity index (χ2n) is 5.17. The molecule has 120 valence electrons. The Kier molecular flexibility index (Phi) is 5.64. The summed E-state index contributed by atoms with van der Waals surface area (Å²) < 4.78 is 0.972. The lowest BCUT2D eigenvalue weighted by molar-refractivity contribution is 0.112. The molecule has 1 aliphatic rings. The first-order valence-corrected chi connectivity index (χ1v) is 9.19. The molecule has 0 amide bonds. The number of anilines is 1. The van der Waals surface area contributed by atoms with Gasteiger partial charge in [-0.1, -0.05) is 33.8 Å². The van der Waals surface area contributed by atoms with Crippen molar-refractivity contribution < 1.29 is 4.79 Å². The standard InChI is InChI=1S/C16H17BrN4OS/c17-14-2-1-12(10-22)13(9-14)11-23-16-15(19-3-4-20-16)21-7-5-18-6-8-21/h1-4,9-10,18H,5-8,11H2. The first-order valence-electron chi connectivity index (χ1n) is 7.41. The molecule has 1 N–H and O–H groups in total. The second kappa shape index (κ2) is 7.90. The van der Waals surface area contributed by atoms with E-state index in [0.717, 1.165) is 53.3 Å². The van der Waals surface area contributed by atoms with Gasteiger partial charge in [0.1, 0.15) is 11.3 Å². The minimum atomic E-state index is 0.686. The van der Waals surface area contributed by atoms with Crippen LogP contribution in [0.2, 0.25) is 0 Å². The fourth-order valence-corrected chi connectivity index (χ4v) is 3.87. The predicted octanol–water partition coefficient (Wildman–Crippen LogP) is 2.75. The van der Waals surface area contributed by atoms with Crippen molar-refractivity contribution in [1.82, 2.24) is 15.3 Å². The molecule has 1 fully saturated rings. The van der Waals surface area contributed by atoms with Gasteiger partial charge < -0.3 is 10.2 Å². The Morgan fingerprint density at radius 2 is 2.04 bits per heavy atom. The number of rotatable bonds is 5. The van der Waals surface area contributed by atoms with Gasteiger partial charge in [-0.25, -0.2) is 9.97 Å². The van der Waals surface area contributed by atoms with Crippen molar-refractivity contribution in [1.29, 1.82) is 0 Å². The van der Waals surface area contributed by atoms with Crippen LogP contribution < -0.4 is 10.2 Å². The molecule has 0 spiro atoms. The van der Waals surface area contributed by atoms with E-state index < -0.39 is 0 Å². The zero-order valence-corrected chi connectivity index (χ0v) is 14.9. The first kappa shape index (κ1) is 16.4. The number of hydrogen-bond donors (Lipinski definition) is 1. The van der Waals surface area contributed by atoms with Crippen molar-refractivity contribution in [3.05, 3.63) is 46.2 Å². The summed E-state index contributed by atoms with van der Waals surface area (Å²) >= 11 is 5.08. The van der Waals surface area contributed by atoms with Crippen LogP contribution in [0, 0.1) is 0 Å². The maximum atomic E-state index is 11.2. The van der Waals surface area contributed by atoms with Gasteiger partial charge in [-0.05, 0) is 17.7 Å². The highest BCUT2D eigenvalue weighted by Crippen LogP contribution is 2.30. The Morgan fingerprint density at radius 1 is 1.26 bits per heavy atom. The summed E-state index contributed by atoms with van der Waals surface area (Å²) in [5, 5.41) is 4.25. The monoisotopic (exact) mass is 392 g/mol. The number of carbonyl (C=O) groups excluding carboxylic acids is 1. The largest absolute Gasteiger partial charge is 0.352 e. The molecule has 0 unspecified atom stereocenters. The third-order valence-electron chi connectivity index (χ3n) is 3.66. The Bertz CT molecular complexity index is 692. The molecule has 23 heavy (non-hydrogen) atoms. The van der Waals surface area contributed by atoms with Crippen molar-refractivity contribution in [2.24, 2.45) is 0 Å². The highest BCUT2D eigenvalue weighted by molar-refractivity contribution is 9.10. The average molecular weight is 393 g/mol. The molecule has 5 nitrogen and oxygen atoms in total. The van der Waals surface area contributed by atoms with Crippen molar-refractivity contribution in [2.45, 2.75) is 10.8 Å². The smallest absolute Gasteiger partial charge is 0.161 e. The summed E-state index contributed by atoms with van der Waals surface area (Å²) in [6.45, 7) is 3.79. The fourth-order valence-electron chi connectivity index (χ4n) is 2.47. The average Bonchev–Trinajstić information content (AvgIpc) is 2.61. The van der Waals surface area contributed by atoms with E-state index in [2.05, 4.69) is 36.1 Å². The van der Waals surface area contributed by atoms with Gasteiger partial charge in [-0.2, -0.15) is 0 Å². The van der Waals surface area contributed by atoms with Crippen LogP contribution >= 0.6 is 27.7 Å². The second-order valence-corrected chi connectivity index (χ2v) is 7.05. The zero-order valence-electron chi connectivity index (χ0n) is 12.5. The lowest BCUT2D eigenvalue weighted by atomic mass is 10.1. The van der Waals surface area contributed by atoms with Crippen LogP contribution in [-0.2, 0) is 5.75 Å². The summed E-state index contributed by atoms with van der Waals surface area (Å²) in [6.07, 6.45) is 4.35. The van der Waals surface area contributed by atoms with E-state index in [9.17, 15) is 4.79 Å². The summed E-state index contributed by atoms with van der Waals surface area (Å²) in [5.74, 6) is 1.62. The molecule has 3 rings (SSSR count). The SMILES string of the molecule is O=Cc1ccc(Br)cc1CSc1nccnc1N1CCNCC1. The summed E-state index contributed by atoms with van der Waals surface area (Å²) in [7, 11) is 0. The van der Waals surface area contributed by atoms with Crippen molar-refractivity contribution in [3.8, 4) is 0 Å². The number of halogens is 1. The number of aldehydes is 1. The number of aromatic nitrogens is 2. The predicted molar refractivity (Wildman–Crippen MR) is 96.2 cm³/mol. The minimum Gasteiger partial charge on any atom is -0.352 e. The summed E-state index contributed by atoms with van der Waals surface area (Å²) in [6, 6.07) is 5.70. The van der Waals surface area contributed by atoms with Gasteiger partial charge in [-0.3, -0.25) is 4.79 Å². The minimum absolute atomic E-state index is 0.686.